The van der Waals surface area contributed by atoms with Gasteiger partial charge in [0.05, 0.1) is 15.2 Å². The molecule has 0 saturated carbocycles. The van der Waals surface area contributed by atoms with Crippen molar-refractivity contribution in [1.82, 2.24) is 9.97 Å². The third-order valence-corrected chi connectivity index (χ3v) is 5.59. The Hall–Kier alpha value is -2.25. The van der Waals surface area contributed by atoms with Crippen LogP contribution in [0.3, 0.4) is 0 Å². The SMILES string of the molecule is CC(C)(C)c1ccc2sc(CC(C)(C)c3ccc(C#N)nc3)nc2c1. The second-order valence-corrected chi connectivity index (χ2v) is 9.26. The molecule has 0 aliphatic heterocycles. The third-order valence-electron chi connectivity index (χ3n) is 4.55. The summed E-state index contributed by atoms with van der Waals surface area (Å²) in [4.78, 5) is 9.09. The summed E-state index contributed by atoms with van der Waals surface area (Å²) in [6, 6.07) is 12.5. The Bertz CT molecular complexity index is 938. The van der Waals surface area contributed by atoms with E-state index in [9.17, 15) is 0 Å². The molecule has 0 radical (unpaired) electrons. The van der Waals surface area contributed by atoms with Crippen LogP contribution in [0.1, 0.15) is 56.4 Å². The van der Waals surface area contributed by atoms with Gasteiger partial charge in [-0.2, -0.15) is 5.26 Å². The zero-order chi connectivity index (χ0) is 18.2. The van der Waals surface area contributed by atoms with E-state index in [1.807, 2.05) is 12.3 Å². The van der Waals surface area contributed by atoms with Crippen LogP contribution in [0.2, 0.25) is 0 Å². The molecule has 0 saturated heterocycles. The average molecular weight is 350 g/mol. The maximum Gasteiger partial charge on any atom is 0.140 e. The van der Waals surface area contributed by atoms with Crippen molar-refractivity contribution in [3.8, 4) is 6.07 Å². The molecule has 0 aliphatic rings. The molecule has 4 heteroatoms. The van der Waals surface area contributed by atoms with Gasteiger partial charge in [-0.15, -0.1) is 11.3 Å². The molecule has 0 fully saturated rings. The normalized spacial score (nSPS) is 12.3. The number of pyridine rings is 1. The number of nitrogens with zero attached hydrogens (tertiary/aromatic N) is 3. The third kappa shape index (κ3) is 3.72. The number of rotatable bonds is 3. The van der Waals surface area contributed by atoms with Crippen LogP contribution in [0, 0.1) is 11.3 Å². The highest BCUT2D eigenvalue weighted by Crippen LogP contribution is 2.33. The highest BCUT2D eigenvalue weighted by molar-refractivity contribution is 7.18. The minimum atomic E-state index is -0.0816. The molecule has 0 amide bonds. The van der Waals surface area contributed by atoms with Gasteiger partial charge in [-0.3, -0.25) is 0 Å². The molecule has 3 aromatic rings. The summed E-state index contributed by atoms with van der Waals surface area (Å²) >= 11 is 1.76. The lowest BCUT2D eigenvalue weighted by Crippen LogP contribution is -2.20. The van der Waals surface area contributed by atoms with E-state index < -0.39 is 0 Å². The van der Waals surface area contributed by atoms with Crippen LogP contribution in [0.4, 0.5) is 0 Å². The van der Waals surface area contributed by atoms with Gasteiger partial charge >= 0.3 is 0 Å². The lowest BCUT2D eigenvalue weighted by Gasteiger charge is -2.23. The molecule has 25 heavy (non-hydrogen) atoms. The number of benzene rings is 1. The zero-order valence-corrected chi connectivity index (χ0v) is 16.2. The summed E-state index contributed by atoms with van der Waals surface area (Å²) in [5.74, 6) is 0. The molecule has 0 unspecified atom stereocenters. The molecule has 128 valence electrons. The first-order chi connectivity index (χ1) is 11.7. The van der Waals surface area contributed by atoms with E-state index in [2.05, 4.69) is 63.9 Å². The highest BCUT2D eigenvalue weighted by Gasteiger charge is 2.24. The quantitative estimate of drug-likeness (QED) is 0.638. The molecule has 0 spiro atoms. The largest absolute Gasteiger partial charge is 0.245 e. The molecule has 0 bridgehead atoms. The summed E-state index contributed by atoms with van der Waals surface area (Å²) in [6.45, 7) is 11.1. The molecule has 0 atom stereocenters. The van der Waals surface area contributed by atoms with Gasteiger partial charge in [0.1, 0.15) is 11.8 Å². The van der Waals surface area contributed by atoms with Crippen LogP contribution < -0.4 is 0 Å². The molecule has 1 aromatic carbocycles. The number of fused-ring (bicyclic) bond motifs is 1. The molecule has 2 heterocycles. The maximum absolute atomic E-state index is 8.91. The van der Waals surface area contributed by atoms with Gasteiger partial charge in [0.2, 0.25) is 0 Å². The van der Waals surface area contributed by atoms with E-state index in [-0.39, 0.29) is 10.8 Å². The topological polar surface area (TPSA) is 49.6 Å². The second-order valence-electron chi connectivity index (χ2n) is 8.14. The number of nitriles is 1. The highest BCUT2D eigenvalue weighted by atomic mass is 32.1. The van der Waals surface area contributed by atoms with E-state index in [0.29, 0.717) is 5.69 Å². The van der Waals surface area contributed by atoms with E-state index in [1.165, 1.54) is 10.3 Å². The van der Waals surface area contributed by atoms with Gasteiger partial charge in [0.25, 0.3) is 0 Å². The predicted molar refractivity (Wildman–Crippen MR) is 104 cm³/mol. The zero-order valence-electron chi connectivity index (χ0n) is 15.4. The van der Waals surface area contributed by atoms with Crippen LogP contribution in [-0.2, 0) is 17.3 Å². The standard InChI is InChI=1S/C21H23N3S/c1-20(2,3)14-7-9-18-17(10-14)24-19(25-18)11-21(4,5)15-6-8-16(12-22)23-13-15/h6-10,13H,11H2,1-5H3. The molecule has 3 rings (SSSR count). The number of hydrogen-bond donors (Lipinski definition) is 0. The fourth-order valence-electron chi connectivity index (χ4n) is 2.86. The smallest absolute Gasteiger partial charge is 0.140 e. The van der Waals surface area contributed by atoms with Crippen molar-refractivity contribution in [2.75, 3.05) is 0 Å². The van der Waals surface area contributed by atoms with Crippen molar-refractivity contribution in [3.63, 3.8) is 0 Å². The fourth-order valence-corrected chi connectivity index (χ4v) is 4.03. The Balaban J connectivity index is 1.89. The van der Waals surface area contributed by atoms with Crippen LogP contribution in [-0.4, -0.2) is 9.97 Å². The summed E-state index contributed by atoms with van der Waals surface area (Å²) in [7, 11) is 0. The van der Waals surface area contributed by atoms with E-state index >= 15 is 0 Å². The van der Waals surface area contributed by atoms with Gasteiger partial charge in [0, 0.05) is 12.6 Å². The second kappa shape index (κ2) is 6.24. The van der Waals surface area contributed by atoms with Gasteiger partial charge in [0.15, 0.2) is 0 Å². The molecule has 0 N–H and O–H groups in total. The van der Waals surface area contributed by atoms with Crippen molar-refractivity contribution in [2.24, 2.45) is 0 Å². The predicted octanol–water partition coefficient (Wildman–Crippen LogP) is 5.38. The summed E-state index contributed by atoms with van der Waals surface area (Å²) in [5.41, 5.74) is 4.02. The number of aromatic nitrogens is 2. The first-order valence-electron chi connectivity index (χ1n) is 8.46. The summed E-state index contributed by atoms with van der Waals surface area (Å²) in [5, 5.41) is 10.0. The molecule has 3 nitrogen and oxygen atoms in total. The number of thiazole rings is 1. The Kier molecular flexibility index (Phi) is 4.38. The fraction of sp³-hybridized carbons (Fsp3) is 0.381. The number of hydrogen-bond acceptors (Lipinski definition) is 4. The summed E-state index contributed by atoms with van der Waals surface area (Å²) < 4.78 is 1.23. The lowest BCUT2D eigenvalue weighted by molar-refractivity contribution is 0.519. The van der Waals surface area contributed by atoms with Gasteiger partial charge in [-0.05, 0) is 40.2 Å². The van der Waals surface area contributed by atoms with Crippen molar-refractivity contribution in [2.45, 2.75) is 51.9 Å². The van der Waals surface area contributed by atoms with Gasteiger partial charge in [-0.1, -0.05) is 46.8 Å². The van der Waals surface area contributed by atoms with E-state index in [0.717, 1.165) is 22.5 Å². The van der Waals surface area contributed by atoms with Crippen LogP contribution >= 0.6 is 11.3 Å². The minimum absolute atomic E-state index is 0.0816. The van der Waals surface area contributed by atoms with Crippen molar-refractivity contribution < 1.29 is 0 Å². The van der Waals surface area contributed by atoms with Crippen LogP contribution in [0.15, 0.2) is 36.5 Å². The minimum Gasteiger partial charge on any atom is -0.245 e. The molecular formula is C21H23N3S. The van der Waals surface area contributed by atoms with Crippen LogP contribution in [0.25, 0.3) is 10.2 Å². The average Bonchev–Trinajstić information content (AvgIpc) is 2.94. The Morgan fingerprint density at radius 1 is 1.04 bits per heavy atom. The molecular weight excluding hydrogens is 326 g/mol. The summed E-state index contributed by atoms with van der Waals surface area (Å²) in [6.07, 6.45) is 2.66. The first kappa shape index (κ1) is 17.6. The van der Waals surface area contributed by atoms with Crippen molar-refractivity contribution in [3.05, 3.63) is 58.4 Å². The Morgan fingerprint density at radius 3 is 2.36 bits per heavy atom. The maximum atomic E-state index is 8.91. The van der Waals surface area contributed by atoms with Crippen LogP contribution in [0.5, 0.6) is 0 Å². The Labute approximate surface area is 153 Å². The van der Waals surface area contributed by atoms with Crippen molar-refractivity contribution in [1.29, 1.82) is 5.26 Å². The van der Waals surface area contributed by atoms with Crippen molar-refractivity contribution >= 4 is 21.6 Å². The van der Waals surface area contributed by atoms with Gasteiger partial charge in [-0.25, -0.2) is 9.97 Å². The van der Waals surface area contributed by atoms with E-state index in [4.69, 9.17) is 10.2 Å². The van der Waals surface area contributed by atoms with E-state index in [1.54, 1.807) is 17.4 Å². The molecule has 2 aromatic heterocycles. The Morgan fingerprint density at radius 2 is 1.76 bits per heavy atom. The lowest BCUT2D eigenvalue weighted by atomic mass is 9.82. The molecule has 0 aliphatic carbocycles. The first-order valence-corrected chi connectivity index (χ1v) is 9.27. The van der Waals surface area contributed by atoms with Gasteiger partial charge < -0.3 is 0 Å². The monoisotopic (exact) mass is 349 g/mol.